The Morgan fingerprint density at radius 3 is 2.47 bits per heavy atom. The Morgan fingerprint density at radius 1 is 0.947 bits per heavy atom. The lowest BCUT2D eigenvalue weighted by Crippen LogP contribution is -2.26. The van der Waals surface area contributed by atoms with Gasteiger partial charge in [-0.3, -0.25) is 4.79 Å². The summed E-state index contributed by atoms with van der Waals surface area (Å²) in [7, 11) is 0. The van der Waals surface area contributed by atoms with Crippen LogP contribution in [-0.4, -0.2) is 28.5 Å². The molecule has 38 heavy (non-hydrogen) atoms. The summed E-state index contributed by atoms with van der Waals surface area (Å²) in [5.74, 6) is 0.907. The van der Waals surface area contributed by atoms with Crippen molar-refractivity contribution < 1.29 is 28.5 Å². The molecule has 12 heteroatoms. The molecule has 4 N–H and O–H groups in total. The number of urea groups is 1. The van der Waals surface area contributed by atoms with E-state index in [4.69, 9.17) is 24.7 Å². The van der Waals surface area contributed by atoms with Crippen molar-refractivity contribution in [1.82, 2.24) is 9.97 Å². The number of carbonyl (C=O) groups is 2. The minimum atomic E-state index is -0.734. The quantitative estimate of drug-likeness (QED) is 0.323. The number of hydrogen-bond acceptors (Lipinski definition) is 9. The maximum atomic E-state index is 12.0. The van der Waals surface area contributed by atoms with Gasteiger partial charge in [-0.1, -0.05) is 24.3 Å². The van der Waals surface area contributed by atoms with Gasteiger partial charge in [0.05, 0.1) is 11.6 Å². The molecule has 0 saturated carbocycles. The van der Waals surface area contributed by atoms with E-state index in [0.717, 1.165) is 0 Å². The van der Waals surface area contributed by atoms with Crippen LogP contribution in [0.15, 0.2) is 72.8 Å². The first-order valence-electron chi connectivity index (χ1n) is 11.1. The molecule has 0 radical (unpaired) electrons. The van der Waals surface area contributed by atoms with E-state index in [1.54, 1.807) is 42.5 Å². The van der Waals surface area contributed by atoms with Crippen molar-refractivity contribution in [2.24, 2.45) is 5.73 Å². The lowest BCUT2D eigenvalue weighted by atomic mass is 10.2. The van der Waals surface area contributed by atoms with E-state index >= 15 is 0 Å². The minimum Gasteiger partial charge on any atom is -0.466 e. The number of ether oxygens (including phenoxy) is 4. The van der Waals surface area contributed by atoms with Crippen molar-refractivity contribution >= 4 is 23.3 Å². The van der Waals surface area contributed by atoms with Gasteiger partial charge in [-0.25, -0.2) is 4.79 Å². The highest BCUT2D eigenvalue weighted by atomic mass is 16.5. The summed E-state index contributed by atoms with van der Waals surface area (Å²) < 4.78 is 23.0. The van der Waals surface area contributed by atoms with E-state index in [1.165, 1.54) is 12.1 Å². The third-order valence-corrected chi connectivity index (χ3v) is 4.94. The summed E-state index contributed by atoms with van der Waals surface area (Å²) >= 11 is 0. The topological polar surface area (TPSA) is 171 Å². The van der Waals surface area contributed by atoms with Crippen LogP contribution in [0.1, 0.15) is 5.56 Å². The molecular formula is C26H18N6O6. The smallest absolute Gasteiger partial charge is 0.328 e. The largest absolute Gasteiger partial charge is 0.466 e. The fraction of sp³-hybridized carbons (Fsp3) is 0.0385. The monoisotopic (exact) mass is 510 g/mol. The van der Waals surface area contributed by atoms with Gasteiger partial charge in [-0.05, 0) is 36.4 Å². The Labute approximate surface area is 215 Å². The third kappa shape index (κ3) is 5.69. The van der Waals surface area contributed by atoms with Crippen LogP contribution in [-0.2, 0) is 4.79 Å². The number of nitrogens with zero attached hydrogens (tertiary/aromatic N) is 3. The van der Waals surface area contributed by atoms with Gasteiger partial charge in [0.15, 0.2) is 12.3 Å². The van der Waals surface area contributed by atoms with Crippen LogP contribution in [0, 0.1) is 11.3 Å². The molecule has 0 aliphatic carbocycles. The summed E-state index contributed by atoms with van der Waals surface area (Å²) in [4.78, 5) is 31.7. The number of nitrogens with two attached hydrogens (primary N) is 1. The molecule has 188 valence electrons. The van der Waals surface area contributed by atoms with E-state index in [2.05, 4.69) is 26.7 Å². The maximum Gasteiger partial charge on any atom is 0.328 e. The average molecular weight is 510 g/mol. The van der Waals surface area contributed by atoms with E-state index in [-0.39, 0.29) is 47.1 Å². The van der Waals surface area contributed by atoms with E-state index in [0.29, 0.717) is 17.2 Å². The fourth-order valence-electron chi connectivity index (χ4n) is 3.42. The molecule has 12 nitrogen and oxygen atoms in total. The van der Waals surface area contributed by atoms with Crippen molar-refractivity contribution in [1.29, 1.82) is 5.26 Å². The van der Waals surface area contributed by atoms with Gasteiger partial charge in [-0.2, -0.15) is 15.2 Å². The van der Waals surface area contributed by atoms with Gasteiger partial charge in [0, 0.05) is 17.8 Å². The van der Waals surface area contributed by atoms with Crippen LogP contribution < -0.4 is 35.3 Å². The first kappa shape index (κ1) is 23.9. The summed E-state index contributed by atoms with van der Waals surface area (Å²) in [5.41, 5.74) is 5.92. The Kier molecular flexibility index (Phi) is 6.55. The highest BCUT2D eigenvalue weighted by molar-refractivity contribution is 5.96. The van der Waals surface area contributed by atoms with Gasteiger partial charge < -0.3 is 35.3 Å². The molecule has 1 aliphatic rings. The Hall–Kier alpha value is -5.83. The molecule has 0 saturated heterocycles. The highest BCUT2D eigenvalue weighted by Crippen LogP contribution is 2.40. The lowest BCUT2D eigenvalue weighted by molar-refractivity contribution is -0.118. The molecule has 0 bridgehead atoms. The number of amides is 3. The van der Waals surface area contributed by atoms with Gasteiger partial charge in [0.2, 0.25) is 5.88 Å². The number of nitrogens with one attached hydrogen (secondary N) is 2. The van der Waals surface area contributed by atoms with Crippen LogP contribution in [0.5, 0.6) is 40.8 Å². The summed E-state index contributed by atoms with van der Waals surface area (Å²) in [5, 5.41) is 14.6. The Balaban J connectivity index is 1.48. The number of nitriles is 1. The van der Waals surface area contributed by atoms with E-state index < -0.39 is 11.9 Å². The zero-order valence-corrected chi connectivity index (χ0v) is 19.5. The van der Waals surface area contributed by atoms with Gasteiger partial charge in [-0.15, -0.1) is 0 Å². The Morgan fingerprint density at radius 2 is 1.71 bits per heavy atom. The summed E-state index contributed by atoms with van der Waals surface area (Å²) in [6, 6.07) is 21.2. The molecular weight excluding hydrogens is 492 g/mol. The summed E-state index contributed by atoms with van der Waals surface area (Å²) in [6.07, 6.45) is 0. The number of hydrogen-bond donors (Lipinski definition) is 3. The second-order valence-corrected chi connectivity index (χ2v) is 7.77. The number of anilines is 2. The molecule has 3 amide bonds. The zero-order valence-electron chi connectivity index (χ0n) is 19.5. The molecule has 4 aromatic rings. The normalized spacial score (nSPS) is 11.7. The SMILES string of the molecule is N#Cc1cc(Oc2ccccc2)cc(Oc2nc(Oc3cccc(NC(N)=O)c3)nc3c2NC(=O)CO3)c1. The second-order valence-electron chi connectivity index (χ2n) is 7.77. The molecule has 5 rings (SSSR count). The predicted molar refractivity (Wildman–Crippen MR) is 134 cm³/mol. The predicted octanol–water partition coefficient (Wildman–Crippen LogP) is 4.55. The van der Waals surface area contributed by atoms with E-state index in [1.807, 2.05) is 18.2 Å². The number of primary amides is 1. The first-order valence-corrected chi connectivity index (χ1v) is 11.1. The number of aromatic nitrogens is 2. The maximum absolute atomic E-state index is 12.0. The van der Waals surface area contributed by atoms with Crippen LogP contribution in [0.25, 0.3) is 0 Å². The van der Waals surface area contributed by atoms with Gasteiger partial charge >= 0.3 is 12.0 Å². The molecule has 1 aromatic heterocycles. The standard InChI is InChI=1S/C26H18N6O6/c27-13-15-9-19(36-17-6-2-1-3-7-17)12-20(10-15)37-24-22-23(35-14-21(33)30-22)31-26(32-24)38-18-8-4-5-16(11-18)29-25(28)34/h1-12H,14H2,(H,30,33)(H3,28,29,34). The first-order chi connectivity index (χ1) is 18.4. The number of benzene rings is 3. The molecule has 3 aromatic carbocycles. The van der Waals surface area contributed by atoms with Gasteiger partial charge in [0.25, 0.3) is 11.8 Å². The molecule has 0 atom stereocenters. The van der Waals surface area contributed by atoms with Crippen molar-refractivity contribution in [3.8, 4) is 46.8 Å². The molecule has 0 unspecified atom stereocenters. The average Bonchev–Trinajstić information content (AvgIpc) is 2.89. The van der Waals surface area contributed by atoms with Crippen LogP contribution in [0.2, 0.25) is 0 Å². The van der Waals surface area contributed by atoms with Crippen molar-refractivity contribution in [3.05, 3.63) is 78.4 Å². The van der Waals surface area contributed by atoms with Crippen molar-refractivity contribution in [3.63, 3.8) is 0 Å². The number of carbonyl (C=O) groups excluding carboxylic acids is 2. The number of fused-ring (bicyclic) bond motifs is 1. The third-order valence-electron chi connectivity index (χ3n) is 4.94. The van der Waals surface area contributed by atoms with Crippen LogP contribution in [0.3, 0.4) is 0 Å². The second kappa shape index (κ2) is 10.4. The van der Waals surface area contributed by atoms with E-state index in [9.17, 15) is 14.9 Å². The molecule has 2 heterocycles. The fourth-order valence-corrected chi connectivity index (χ4v) is 3.42. The van der Waals surface area contributed by atoms with Gasteiger partial charge in [0.1, 0.15) is 23.0 Å². The zero-order chi connectivity index (χ0) is 26.5. The number of para-hydroxylation sites is 1. The van der Waals surface area contributed by atoms with Crippen LogP contribution >= 0.6 is 0 Å². The minimum absolute atomic E-state index is 0.0215. The number of rotatable bonds is 7. The lowest BCUT2D eigenvalue weighted by Gasteiger charge is -2.20. The molecule has 0 fully saturated rings. The van der Waals surface area contributed by atoms with Crippen molar-refractivity contribution in [2.45, 2.75) is 0 Å². The van der Waals surface area contributed by atoms with Crippen LogP contribution in [0.4, 0.5) is 16.2 Å². The van der Waals surface area contributed by atoms with Crippen molar-refractivity contribution in [2.75, 3.05) is 17.2 Å². The Bertz CT molecular complexity index is 1570. The summed E-state index contributed by atoms with van der Waals surface area (Å²) in [6.45, 7) is -0.264. The molecule has 0 spiro atoms. The molecule has 1 aliphatic heterocycles. The highest BCUT2D eigenvalue weighted by Gasteiger charge is 2.26.